The SMILES string of the molecule is CNCC1CCCN(c2cnccc2C#N)C1. The van der Waals surface area contributed by atoms with Crippen LogP contribution < -0.4 is 10.2 Å². The molecule has 1 N–H and O–H groups in total. The fourth-order valence-corrected chi connectivity index (χ4v) is 2.47. The molecule has 0 aliphatic carbocycles. The van der Waals surface area contributed by atoms with E-state index in [4.69, 9.17) is 5.26 Å². The second-order valence-electron chi connectivity index (χ2n) is 4.52. The highest BCUT2D eigenvalue weighted by Gasteiger charge is 2.21. The molecule has 2 rings (SSSR count). The average Bonchev–Trinajstić information content (AvgIpc) is 2.39. The minimum atomic E-state index is 0.667. The summed E-state index contributed by atoms with van der Waals surface area (Å²) >= 11 is 0. The van der Waals surface area contributed by atoms with Gasteiger partial charge in [-0.05, 0) is 38.4 Å². The largest absolute Gasteiger partial charge is 0.369 e. The predicted octanol–water partition coefficient (Wildman–Crippen LogP) is 1.39. The molecule has 1 unspecified atom stereocenters. The lowest BCUT2D eigenvalue weighted by molar-refractivity contribution is 0.402. The fourth-order valence-electron chi connectivity index (χ4n) is 2.47. The molecule has 4 heteroatoms. The van der Waals surface area contributed by atoms with Crippen molar-refractivity contribution in [3.63, 3.8) is 0 Å². The quantitative estimate of drug-likeness (QED) is 0.852. The molecule has 0 saturated carbocycles. The Hall–Kier alpha value is -1.60. The number of nitrogens with zero attached hydrogens (tertiary/aromatic N) is 3. The maximum Gasteiger partial charge on any atom is 0.101 e. The molecule has 1 aromatic heterocycles. The third-order valence-electron chi connectivity index (χ3n) is 3.27. The number of rotatable bonds is 3. The molecule has 0 radical (unpaired) electrons. The highest BCUT2D eigenvalue weighted by Crippen LogP contribution is 2.24. The minimum Gasteiger partial charge on any atom is -0.369 e. The summed E-state index contributed by atoms with van der Waals surface area (Å²) in [5.74, 6) is 0.667. The Bertz CT molecular complexity index is 408. The number of aromatic nitrogens is 1. The van der Waals surface area contributed by atoms with Crippen LogP contribution in [0.1, 0.15) is 18.4 Å². The van der Waals surface area contributed by atoms with E-state index in [2.05, 4.69) is 21.3 Å². The van der Waals surface area contributed by atoms with Gasteiger partial charge in [-0.2, -0.15) is 5.26 Å². The van der Waals surface area contributed by atoms with Gasteiger partial charge in [-0.1, -0.05) is 0 Å². The van der Waals surface area contributed by atoms with Crippen molar-refractivity contribution in [3.8, 4) is 6.07 Å². The highest BCUT2D eigenvalue weighted by molar-refractivity contribution is 5.57. The van der Waals surface area contributed by atoms with E-state index >= 15 is 0 Å². The maximum absolute atomic E-state index is 9.10. The lowest BCUT2D eigenvalue weighted by atomic mass is 9.97. The summed E-state index contributed by atoms with van der Waals surface area (Å²) < 4.78 is 0. The van der Waals surface area contributed by atoms with Gasteiger partial charge in [0.25, 0.3) is 0 Å². The first-order valence-electron chi connectivity index (χ1n) is 6.09. The molecule has 1 saturated heterocycles. The van der Waals surface area contributed by atoms with Gasteiger partial charge >= 0.3 is 0 Å². The van der Waals surface area contributed by atoms with E-state index in [1.165, 1.54) is 12.8 Å². The lowest BCUT2D eigenvalue weighted by Gasteiger charge is -2.34. The van der Waals surface area contributed by atoms with Crippen LogP contribution in [-0.2, 0) is 0 Å². The molecule has 0 amide bonds. The number of pyridine rings is 1. The van der Waals surface area contributed by atoms with E-state index in [1.54, 1.807) is 18.5 Å². The highest BCUT2D eigenvalue weighted by atomic mass is 15.1. The summed E-state index contributed by atoms with van der Waals surface area (Å²) in [7, 11) is 1.99. The van der Waals surface area contributed by atoms with Gasteiger partial charge in [0.15, 0.2) is 0 Å². The fraction of sp³-hybridized carbons (Fsp3) is 0.538. The van der Waals surface area contributed by atoms with Gasteiger partial charge in [0.2, 0.25) is 0 Å². The molecule has 1 aliphatic heterocycles. The smallest absolute Gasteiger partial charge is 0.101 e. The normalized spacial score (nSPS) is 20.0. The van der Waals surface area contributed by atoms with Crippen molar-refractivity contribution in [1.82, 2.24) is 10.3 Å². The summed E-state index contributed by atoms with van der Waals surface area (Å²) in [5, 5.41) is 12.3. The molecule has 0 bridgehead atoms. The Balaban J connectivity index is 2.14. The van der Waals surface area contributed by atoms with Crippen molar-refractivity contribution in [2.24, 2.45) is 5.92 Å². The van der Waals surface area contributed by atoms with Crippen LogP contribution in [0.5, 0.6) is 0 Å². The van der Waals surface area contributed by atoms with E-state index in [1.807, 2.05) is 7.05 Å². The molecule has 1 fully saturated rings. The van der Waals surface area contributed by atoms with Gasteiger partial charge in [0, 0.05) is 19.3 Å². The number of hydrogen-bond donors (Lipinski definition) is 1. The Morgan fingerprint density at radius 2 is 2.53 bits per heavy atom. The molecule has 1 aliphatic rings. The second-order valence-corrected chi connectivity index (χ2v) is 4.52. The zero-order valence-electron chi connectivity index (χ0n) is 10.2. The third-order valence-corrected chi connectivity index (χ3v) is 3.27. The summed E-state index contributed by atoms with van der Waals surface area (Å²) in [6.07, 6.45) is 5.93. The van der Waals surface area contributed by atoms with Gasteiger partial charge in [0.05, 0.1) is 17.4 Å². The van der Waals surface area contributed by atoms with Gasteiger partial charge in [-0.3, -0.25) is 4.98 Å². The van der Waals surface area contributed by atoms with Crippen LogP contribution in [0.15, 0.2) is 18.5 Å². The molecule has 1 aromatic rings. The van der Waals surface area contributed by atoms with Crippen molar-refractivity contribution >= 4 is 5.69 Å². The van der Waals surface area contributed by atoms with E-state index in [-0.39, 0.29) is 0 Å². The van der Waals surface area contributed by atoms with Crippen LogP contribution in [0.25, 0.3) is 0 Å². The molecule has 2 heterocycles. The Morgan fingerprint density at radius 1 is 1.65 bits per heavy atom. The third kappa shape index (κ3) is 2.75. The molecular formula is C13H18N4. The molecule has 1 atom stereocenters. The Morgan fingerprint density at radius 3 is 3.29 bits per heavy atom. The summed E-state index contributed by atoms with van der Waals surface area (Å²) in [4.78, 5) is 6.42. The first-order chi connectivity index (χ1) is 8.35. The topological polar surface area (TPSA) is 52.0 Å². The van der Waals surface area contributed by atoms with Crippen molar-refractivity contribution in [3.05, 3.63) is 24.0 Å². The average molecular weight is 230 g/mol. The number of hydrogen-bond acceptors (Lipinski definition) is 4. The molecule has 0 spiro atoms. The summed E-state index contributed by atoms with van der Waals surface area (Å²) in [6.45, 7) is 3.08. The van der Waals surface area contributed by atoms with Crippen LogP contribution >= 0.6 is 0 Å². The molecule has 4 nitrogen and oxygen atoms in total. The first-order valence-corrected chi connectivity index (χ1v) is 6.09. The maximum atomic E-state index is 9.10. The van der Waals surface area contributed by atoms with Crippen LogP contribution in [-0.4, -0.2) is 31.7 Å². The van der Waals surface area contributed by atoms with Crippen molar-refractivity contribution in [2.75, 3.05) is 31.6 Å². The number of nitriles is 1. The summed E-state index contributed by atoms with van der Waals surface area (Å²) in [5.41, 5.74) is 1.71. The van der Waals surface area contributed by atoms with Gasteiger partial charge in [-0.25, -0.2) is 0 Å². The standard InChI is InChI=1S/C13H18N4/c1-15-8-11-3-2-6-17(10-11)13-9-16-5-4-12(13)7-14/h4-5,9,11,15H,2-3,6,8,10H2,1H3. The zero-order chi connectivity index (χ0) is 12.1. The van der Waals surface area contributed by atoms with Crippen molar-refractivity contribution in [2.45, 2.75) is 12.8 Å². The van der Waals surface area contributed by atoms with Gasteiger partial charge in [0.1, 0.15) is 6.07 Å². The second kappa shape index (κ2) is 5.65. The van der Waals surface area contributed by atoms with Gasteiger partial charge < -0.3 is 10.2 Å². The van der Waals surface area contributed by atoms with Crippen LogP contribution in [0.2, 0.25) is 0 Å². The molecule has 17 heavy (non-hydrogen) atoms. The molecule has 0 aromatic carbocycles. The predicted molar refractivity (Wildman–Crippen MR) is 67.8 cm³/mol. The minimum absolute atomic E-state index is 0.667. The van der Waals surface area contributed by atoms with Crippen molar-refractivity contribution in [1.29, 1.82) is 5.26 Å². The van der Waals surface area contributed by atoms with Crippen LogP contribution in [0.4, 0.5) is 5.69 Å². The van der Waals surface area contributed by atoms with Crippen LogP contribution in [0.3, 0.4) is 0 Å². The Labute approximate surface area is 102 Å². The number of anilines is 1. The summed E-state index contributed by atoms with van der Waals surface area (Å²) in [6, 6.07) is 4.03. The number of piperidine rings is 1. The first kappa shape index (κ1) is 11.9. The van der Waals surface area contributed by atoms with Crippen molar-refractivity contribution < 1.29 is 0 Å². The van der Waals surface area contributed by atoms with E-state index < -0.39 is 0 Å². The zero-order valence-corrected chi connectivity index (χ0v) is 10.2. The van der Waals surface area contributed by atoms with E-state index in [9.17, 15) is 0 Å². The van der Waals surface area contributed by atoms with Gasteiger partial charge in [-0.15, -0.1) is 0 Å². The molecular weight excluding hydrogens is 212 g/mol. The van der Waals surface area contributed by atoms with E-state index in [0.717, 1.165) is 30.9 Å². The monoisotopic (exact) mass is 230 g/mol. The van der Waals surface area contributed by atoms with Crippen LogP contribution in [0, 0.1) is 17.2 Å². The Kier molecular flexibility index (Phi) is 3.94. The molecule has 90 valence electrons. The van der Waals surface area contributed by atoms with E-state index in [0.29, 0.717) is 5.92 Å². The lowest BCUT2D eigenvalue weighted by Crippen LogP contribution is -2.39. The number of nitrogens with one attached hydrogen (secondary N) is 1.